The number of methoxy groups -OCH3 is 1. The van der Waals surface area contributed by atoms with Gasteiger partial charge in [0, 0.05) is 19.0 Å². The number of nitro groups is 1. The molecule has 3 rings (SSSR count). The predicted octanol–water partition coefficient (Wildman–Crippen LogP) is 3.12. The molecule has 0 aliphatic heterocycles. The third-order valence-corrected chi connectivity index (χ3v) is 6.44. The number of hydrogen-bond acceptors (Lipinski definition) is 7. The Labute approximate surface area is 160 Å². The number of nitrogens with one attached hydrogen (secondary N) is 1. The summed E-state index contributed by atoms with van der Waals surface area (Å²) in [5.41, 5.74) is 0.704. The van der Waals surface area contributed by atoms with Crippen molar-refractivity contribution in [2.45, 2.75) is 17.7 Å². The van der Waals surface area contributed by atoms with E-state index in [9.17, 15) is 18.5 Å². The fourth-order valence-electron chi connectivity index (χ4n) is 2.54. The van der Waals surface area contributed by atoms with Gasteiger partial charge in [0.05, 0.1) is 33.3 Å². The van der Waals surface area contributed by atoms with Gasteiger partial charge in [-0.1, -0.05) is 12.1 Å². The second kappa shape index (κ2) is 7.99. The average Bonchev–Trinajstić information content (AvgIpc) is 3.07. The van der Waals surface area contributed by atoms with Gasteiger partial charge in [-0.25, -0.2) is 18.1 Å². The molecule has 10 heteroatoms. The first-order valence-corrected chi connectivity index (χ1v) is 10.4. The van der Waals surface area contributed by atoms with Crippen LogP contribution in [-0.4, -0.2) is 32.0 Å². The van der Waals surface area contributed by atoms with Crippen LogP contribution in [0.15, 0.2) is 47.4 Å². The molecule has 0 saturated carbocycles. The van der Waals surface area contributed by atoms with Crippen LogP contribution in [0.25, 0.3) is 10.2 Å². The molecule has 0 bridgehead atoms. The highest BCUT2D eigenvalue weighted by Crippen LogP contribution is 2.28. The molecule has 3 aromatic rings. The van der Waals surface area contributed by atoms with Crippen LogP contribution in [0, 0.1) is 10.1 Å². The molecule has 0 fully saturated rings. The summed E-state index contributed by atoms with van der Waals surface area (Å²) in [6, 6.07) is 11.2. The van der Waals surface area contributed by atoms with E-state index in [1.807, 2.05) is 24.3 Å². The molecule has 1 N–H and O–H groups in total. The molecule has 0 radical (unpaired) electrons. The van der Waals surface area contributed by atoms with E-state index in [1.165, 1.54) is 13.2 Å². The Bertz CT molecular complexity index is 1050. The van der Waals surface area contributed by atoms with E-state index in [0.29, 0.717) is 12.8 Å². The Hall–Kier alpha value is -2.56. The van der Waals surface area contributed by atoms with Crippen molar-refractivity contribution in [2.75, 3.05) is 13.7 Å². The summed E-state index contributed by atoms with van der Waals surface area (Å²) in [4.78, 5) is 14.6. The molecule has 0 atom stereocenters. The molecule has 1 heterocycles. The summed E-state index contributed by atoms with van der Waals surface area (Å²) in [6.45, 7) is 0.221. The number of sulfonamides is 1. The van der Waals surface area contributed by atoms with Crippen LogP contribution in [-0.2, 0) is 16.4 Å². The van der Waals surface area contributed by atoms with Gasteiger partial charge < -0.3 is 4.74 Å². The third kappa shape index (κ3) is 4.41. The number of aryl methyl sites for hydroxylation is 1. The van der Waals surface area contributed by atoms with Crippen LogP contribution in [0.5, 0.6) is 5.75 Å². The smallest absolute Gasteiger partial charge is 0.273 e. The van der Waals surface area contributed by atoms with Crippen LogP contribution < -0.4 is 9.46 Å². The van der Waals surface area contributed by atoms with E-state index in [1.54, 1.807) is 11.3 Å². The standard InChI is InChI=1S/C17H17N3O5S2/c1-25-14-11-12(20(21)22)8-9-16(14)27(23,24)18-10-4-7-17-19-13-5-2-3-6-15(13)26-17/h2-3,5-6,8-9,11,18H,4,7,10H2,1H3. The van der Waals surface area contributed by atoms with Gasteiger partial charge in [0.1, 0.15) is 10.6 Å². The second-order valence-electron chi connectivity index (χ2n) is 5.67. The van der Waals surface area contributed by atoms with E-state index in [4.69, 9.17) is 4.74 Å². The lowest BCUT2D eigenvalue weighted by Gasteiger charge is -2.10. The zero-order valence-electron chi connectivity index (χ0n) is 14.4. The number of ether oxygens (including phenoxy) is 1. The maximum atomic E-state index is 12.5. The molecule has 0 aliphatic rings. The van der Waals surface area contributed by atoms with E-state index >= 15 is 0 Å². The van der Waals surface area contributed by atoms with Crippen molar-refractivity contribution in [1.29, 1.82) is 0 Å². The lowest BCUT2D eigenvalue weighted by Crippen LogP contribution is -2.25. The molecular weight excluding hydrogens is 390 g/mol. The van der Waals surface area contributed by atoms with Crippen LogP contribution in [0.3, 0.4) is 0 Å². The van der Waals surface area contributed by atoms with Crippen molar-refractivity contribution in [2.24, 2.45) is 0 Å². The van der Waals surface area contributed by atoms with Gasteiger partial charge in [0.15, 0.2) is 0 Å². The van der Waals surface area contributed by atoms with Gasteiger partial charge >= 0.3 is 0 Å². The molecule has 27 heavy (non-hydrogen) atoms. The van der Waals surface area contributed by atoms with Crippen molar-refractivity contribution < 1.29 is 18.1 Å². The molecule has 0 spiro atoms. The number of thiazole rings is 1. The van der Waals surface area contributed by atoms with Gasteiger partial charge in [-0.2, -0.15) is 0 Å². The first-order valence-electron chi connectivity index (χ1n) is 8.07. The zero-order chi connectivity index (χ0) is 19.4. The van der Waals surface area contributed by atoms with Crippen LogP contribution >= 0.6 is 11.3 Å². The average molecular weight is 407 g/mol. The minimum atomic E-state index is -3.84. The lowest BCUT2D eigenvalue weighted by atomic mass is 10.3. The summed E-state index contributed by atoms with van der Waals surface area (Å²) in [5, 5.41) is 11.8. The number of fused-ring (bicyclic) bond motifs is 1. The molecule has 1 aromatic heterocycles. The van der Waals surface area contributed by atoms with E-state index < -0.39 is 14.9 Å². The molecule has 8 nitrogen and oxygen atoms in total. The Morgan fingerprint density at radius 2 is 2.04 bits per heavy atom. The van der Waals surface area contributed by atoms with Gasteiger partial charge in [-0.15, -0.1) is 11.3 Å². The number of aromatic nitrogens is 1. The SMILES string of the molecule is COc1cc([N+](=O)[O-])ccc1S(=O)(=O)NCCCc1nc2ccccc2s1. The molecule has 0 amide bonds. The number of hydrogen-bond donors (Lipinski definition) is 1. The summed E-state index contributed by atoms with van der Waals surface area (Å²) < 4.78 is 33.5. The highest BCUT2D eigenvalue weighted by molar-refractivity contribution is 7.89. The van der Waals surface area contributed by atoms with Gasteiger partial charge in [-0.05, 0) is 24.6 Å². The van der Waals surface area contributed by atoms with Gasteiger partial charge in [0.2, 0.25) is 10.0 Å². The minimum absolute atomic E-state index is 0.0668. The molecule has 0 aliphatic carbocycles. The first kappa shape index (κ1) is 19.2. The highest BCUT2D eigenvalue weighted by Gasteiger charge is 2.21. The third-order valence-electron chi connectivity index (χ3n) is 3.85. The fourth-order valence-corrected chi connectivity index (χ4v) is 4.77. The fraction of sp³-hybridized carbons (Fsp3) is 0.235. The molecular formula is C17H17N3O5S2. The number of non-ortho nitro benzene ring substituents is 1. The van der Waals surface area contributed by atoms with E-state index in [0.717, 1.165) is 27.4 Å². The topological polar surface area (TPSA) is 111 Å². The Kier molecular flexibility index (Phi) is 5.68. The summed E-state index contributed by atoms with van der Waals surface area (Å²) in [6.07, 6.45) is 1.23. The van der Waals surface area contributed by atoms with Crippen molar-refractivity contribution in [3.8, 4) is 5.75 Å². The normalized spacial score (nSPS) is 11.6. The molecule has 0 unspecified atom stereocenters. The predicted molar refractivity (Wildman–Crippen MR) is 103 cm³/mol. The van der Waals surface area contributed by atoms with Crippen LogP contribution in [0.2, 0.25) is 0 Å². The Morgan fingerprint density at radius 3 is 2.74 bits per heavy atom. The second-order valence-corrected chi connectivity index (χ2v) is 8.52. The largest absolute Gasteiger partial charge is 0.495 e. The van der Waals surface area contributed by atoms with Crippen molar-refractivity contribution in [1.82, 2.24) is 9.71 Å². The molecule has 2 aromatic carbocycles. The number of benzene rings is 2. The Balaban J connectivity index is 1.63. The number of para-hydroxylation sites is 1. The zero-order valence-corrected chi connectivity index (χ0v) is 16.0. The number of rotatable bonds is 8. The van der Waals surface area contributed by atoms with Crippen LogP contribution in [0.1, 0.15) is 11.4 Å². The van der Waals surface area contributed by atoms with Gasteiger partial charge in [-0.3, -0.25) is 10.1 Å². The summed E-state index contributed by atoms with van der Waals surface area (Å²) in [5.74, 6) is -0.0668. The highest BCUT2D eigenvalue weighted by atomic mass is 32.2. The van der Waals surface area contributed by atoms with Crippen molar-refractivity contribution >= 4 is 37.3 Å². The maximum absolute atomic E-state index is 12.5. The summed E-state index contributed by atoms with van der Waals surface area (Å²) in [7, 11) is -2.57. The lowest BCUT2D eigenvalue weighted by molar-refractivity contribution is -0.385. The molecule has 0 saturated heterocycles. The van der Waals surface area contributed by atoms with Crippen molar-refractivity contribution in [3.05, 3.63) is 57.6 Å². The van der Waals surface area contributed by atoms with Crippen molar-refractivity contribution in [3.63, 3.8) is 0 Å². The summed E-state index contributed by atoms with van der Waals surface area (Å²) >= 11 is 1.59. The monoisotopic (exact) mass is 407 g/mol. The minimum Gasteiger partial charge on any atom is -0.495 e. The first-order chi connectivity index (χ1) is 12.9. The van der Waals surface area contributed by atoms with E-state index in [-0.39, 0.29) is 22.9 Å². The Morgan fingerprint density at radius 1 is 1.26 bits per heavy atom. The van der Waals surface area contributed by atoms with Crippen LogP contribution in [0.4, 0.5) is 5.69 Å². The van der Waals surface area contributed by atoms with Gasteiger partial charge in [0.25, 0.3) is 5.69 Å². The quantitative estimate of drug-likeness (QED) is 0.349. The number of nitrogens with zero attached hydrogens (tertiary/aromatic N) is 2. The molecule has 142 valence electrons. The van der Waals surface area contributed by atoms with E-state index in [2.05, 4.69) is 9.71 Å². The maximum Gasteiger partial charge on any atom is 0.273 e. The number of nitro benzene ring substituents is 1.